The fourth-order valence-corrected chi connectivity index (χ4v) is 3.78. The molecule has 2 aromatic carbocycles. The van der Waals surface area contributed by atoms with Gasteiger partial charge in [-0.2, -0.15) is 0 Å². The first-order chi connectivity index (χ1) is 12.2. The van der Waals surface area contributed by atoms with E-state index in [1.54, 1.807) is 0 Å². The minimum absolute atomic E-state index is 0.0844. The normalized spacial score (nSPS) is 11.4. The SMILES string of the molecule is Cc1c(NS(=O)(=O)c2ccccc2[N+](=O)[O-])c(=O)oc2cc(O)ccc12. The van der Waals surface area contributed by atoms with Gasteiger partial charge in [0.1, 0.15) is 17.0 Å². The third-order valence-electron chi connectivity index (χ3n) is 3.74. The Balaban J connectivity index is 2.16. The van der Waals surface area contributed by atoms with Crippen molar-refractivity contribution in [1.82, 2.24) is 0 Å². The first-order valence-corrected chi connectivity index (χ1v) is 8.71. The molecule has 0 saturated heterocycles. The molecule has 0 spiro atoms. The number of fused-ring (bicyclic) bond motifs is 1. The Morgan fingerprint density at radius 2 is 1.88 bits per heavy atom. The van der Waals surface area contributed by atoms with Crippen molar-refractivity contribution in [1.29, 1.82) is 0 Å². The van der Waals surface area contributed by atoms with E-state index in [1.807, 2.05) is 0 Å². The number of nitro benzene ring substituents is 1. The number of hydrogen-bond donors (Lipinski definition) is 2. The molecule has 3 aromatic rings. The van der Waals surface area contributed by atoms with E-state index in [0.717, 1.165) is 12.1 Å². The molecule has 2 N–H and O–H groups in total. The van der Waals surface area contributed by atoms with E-state index in [4.69, 9.17) is 4.42 Å². The number of nitrogens with zero attached hydrogens (tertiary/aromatic N) is 1. The number of phenols is 1. The van der Waals surface area contributed by atoms with Gasteiger partial charge in [0.25, 0.3) is 15.7 Å². The van der Waals surface area contributed by atoms with Gasteiger partial charge in [-0.3, -0.25) is 14.8 Å². The van der Waals surface area contributed by atoms with Crippen LogP contribution in [0, 0.1) is 17.0 Å². The van der Waals surface area contributed by atoms with Gasteiger partial charge in [0.15, 0.2) is 4.90 Å². The van der Waals surface area contributed by atoms with Crippen molar-refractivity contribution in [3.05, 3.63) is 68.6 Å². The first kappa shape index (κ1) is 17.4. The molecule has 0 aliphatic rings. The van der Waals surface area contributed by atoms with Gasteiger partial charge in [-0.15, -0.1) is 0 Å². The van der Waals surface area contributed by atoms with Crippen LogP contribution in [0.15, 0.2) is 56.6 Å². The molecule has 10 heteroatoms. The smallest absolute Gasteiger partial charge is 0.361 e. The minimum Gasteiger partial charge on any atom is -0.508 e. The van der Waals surface area contributed by atoms with Crippen LogP contribution in [0.4, 0.5) is 11.4 Å². The van der Waals surface area contributed by atoms with E-state index >= 15 is 0 Å². The average molecular weight is 376 g/mol. The van der Waals surface area contributed by atoms with Gasteiger partial charge in [-0.05, 0) is 30.7 Å². The summed E-state index contributed by atoms with van der Waals surface area (Å²) >= 11 is 0. The molecule has 0 amide bonds. The van der Waals surface area contributed by atoms with Gasteiger partial charge in [0, 0.05) is 17.5 Å². The van der Waals surface area contributed by atoms with E-state index in [2.05, 4.69) is 4.72 Å². The zero-order chi connectivity index (χ0) is 19.1. The highest BCUT2D eigenvalue weighted by atomic mass is 32.2. The Kier molecular flexibility index (Phi) is 4.12. The standard InChI is InChI=1S/C16H12N2O7S/c1-9-11-7-6-10(19)8-13(11)25-16(20)15(9)17-26(23,24)14-5-3-2-4-12(14)18(21)22/h2-8,17,19H,1H3. The summed E-state index contributed by atoms with van der Waals surface area (Å²) in [4.78, 5) is 21.9. The highest BCUT2D eigenvalue weighted by Gasteiger charge is 2.27. The average Bonchev–Trinajstić information content (AvgIpc) is 2.58. The monoisotopic (exact) mass is 376 g/mol. The van der Waals surface area contributed by atoms with Gasteiger partial charge in [-0.1, -0.05) is 12.1 Å². The second-order valence-corrected chi connectivity index (χ2v) is 7.05. The van der Waals surface area contributed by atoms with Crippen LogP contribution in [0.25, 0.3) is 11.0 Å². The van der Waals surface area contributed by atoms with Crippen LogP contribution in [0.1, 0.15) is 5.56 Å². The lowest BCUT2D eigenvalue weighted by Crippen LogP contribution is -2.20. The number of para-hydroxylation sites is 1. The first-order valence-electron chi connectivity index (χ1n) is 7.23. The summed E-state index contributed by atoms with van der Waals surface area (Å²) in [6.07, 6.45) is 0. The van der Waals surface area contributed by atoms with Crippen LogP contribution in [0.2, 0.25) is 0 Å². The molecule has 26 heavy (non-hydrogen) atoms. The van der Waals surface area contributed by atoms with Crippen LogP contribution in [-0.2, 0) is 10.0 Å². The number of aromatic hydroxyl groups is 1. The molecule has 1 heterocycles. The molecule has 0 saturated carbocycles. The van der Waals surface area contributed by atoms with E-state index in [-0.39, 0.29) is 22.6 Å². The van der Waals surface area contributed by atoms with E-state index in [0.29, 0.717) is 5.39 Å². The molecule has 134 valence electrons. The Labute approximate surface area is 146 Å². The van der Waals surface area contributed by atoms with Gasteiger partial charge < -0.3 is 9.52 Å². The number of anilines is 1. The predicted molar refractivity (Wildman–Crippen MR) is 92.8 cm³/mol. The Morgan fingerprint density at radius 1 is 1.19 bits per heavy atom. The van der Waals surface area contributed by atoms with E-state index in [1.165, 1.54) is 37.3 Å². The van der Waals surface area contributed by atoms with Crippen molar-refractivity contribution in [2.75, 3.05) is 4.72 Å². The third-order valence-corrected chi connectivity index (χ3v) is 5.14. The summed E-state index contributed by atoms with van der Waals surface area (Å²) in [5.41, 5.74) is -1.61. The van der Waals surface area contributed by atoms with Crippen molar-refractivity contribution in [3.63, 3.8) is 0 Å². The second kappa shape index (κ2) is 6.15. The molecule has 0 atom stereocenters. The molecule has 0 unspecified atom stereocenters. The van der Waals surface area contributed by atoms with Crippen molar-refractivity contribution in [3.8, 4) is 5.75 Å². The van der Waals surface area contributed by atoms with Crippen LogP contribution in [0.5, 0.6) is 5.75 Å². The zero-order valence-corrected chi connectivity index (χ0v) is 14.1. The molecule has 0 bridgehead atoms. The van der Waals surface area contributed by atoms with Gasteiger partial charge in [0.05, 0.1) is 4.92 Å². The van der Waals surface area contributed by atoms with Crippen LogP contribution < -0.4 is 10.3 Å². The summed E-state index contributed by atoms with van der Waals surface area (Å²) < 4.78 is 32.3. The molecule has 3 rings (SSSR count). The van der Waals surface area contributed by atoms with Crippen molar-refractivity contribution in [2.24, 2.45) is 0 Å². The molecule has 0 aliphatic heterocycles. The lowest BCUT2D eigenvalue weighted by atomic mass is 10.1. The minimum atomic E-state index is -4.41. The summed E-state index contributed by atoms with van der Waals surface area (Å²) in [5.74, 6) is -0.117. The zero-order valence-electron chi connectivity index (χ0n) is 13.3. The summed E-state index contributed by atoms with van der Waals surface area (Å²) in [5, 5.41) is 20.9. The molecular weight excluding hydrogens is 364 g/mol. The highest BCUT2D eigenvalue weighted by molar-refractivity contribution is 7.92. The predicted octanol–water partition coefficient (Wildman–Crippen LogP) is 2.52. The van der Waals surface area contributed by atoms with Gasteiger partial charge in [-0.25, -0.2) is 13.2 Å². The van der Waals surface area contributed by atoms with Crippen LogP contribution in [-0.4, -0.2) is 18.4 Å². The molecular formula is C16H12N2O7S. The maximum absolute atomic E-state index is 12.6. The lowest BCUT2D eigenvalue weighted by Gasteiger charge is -2.11. The summed E-state index contributed by atoms with van der Waals surface area (Å²) in [6.45, 7) is 1.49. The summed E-state index contributed by atoms with van der Waals surface area (Å²) in [7, 11) is -4.41. The number of phenolic OH excluding ortho intramolecular Hbond substituents is 1. The maximum atomic E-state index is 12.6. The fourth-order valence-electron chi connectivity index (χ4n) is 2.49. The number of hydrogen-bond acceptors (Lipinski definition) is 7. The van der Waals surface area contributed by atoms with Gasteiger partial charge >= 0.3 is 5.63 Å². The van der Waals surface area contributed by atoms with E-state index < -0.39 is 31.2 Å². The topological polar surface area (TPSA) is 140 Å². The van der Waals surface area contributed by atoms with Gasteiger partial charge in [0.2, 0.25) is 0 Å². The Bertz CT molecular complexity index is 1200. The van der Waals surface area contributed by atoms with Crippen LogP contribution in [0.3, 0.4) is 0 Å². The summed E-state index contributed by atoms with van der Waals surface area (Å²) in [6, 6.07) is 8.83. The van der Waals surface area contributed by atoms with Crippen molar-refractivity contribution in [2.45, 2.75) is 11.8 Å². The van der Waals surface area contributed by atoms with E-state index in [9.17, 15) is 28.4 Å². The quantitative estimate of drug-likeness (QED) is 0.405. The lowest BCUT2D eigenvalue weighted by molar-refractivity contribution is -0.387. The second-order valence-electron chi connectivity index (χ2n) is 5.40. The van der Waals surface area contributed by atoms with Crippen molar-refractivity contribution >= 4 is 32.4 Å². The number of benzene rings is 2. The number of nitrogens with one attached hydrogen (secondary N) is 1. The number of rotatable bonds is 4. The maximum Gasteiger partial charge on any atom is 0.361 e. The third kappa shape index (κ3) is 2.97. The number of nitro groups is 1. The Morgan fingerprint density at radius 3 is 2.58 bits per heavy atom. The number of sulfonamides is 1. The molecule has 0 radical (unpaired) electrons. The number of aryl methyl sites for hydroxylation is 1. The van der Waals surface area contributed by atoms with Crippen molar-refractivity contribution < 1.29 is 22.9 Å². The highest BCUT2D eigenvalue weighted by Crippen LogP contribution is 2.29. The molecule has 1 aromatic heterocycles. The molecule has 0 aliphatic carbocycles. The molecule has 0 fully saturated rings. The van der Waals surface area contributed by atoms with Crippen LogP contribution >= 0.6 is 0 Å². The largest absolute Gasteiger partial charge is 0.508 e. The molecule has 9 nitrogen and oxygen atoms in total. The fraction of sp³-hybridized carbons (Fsp3) is 0.0625. The Hall–Kier alpha value is -3.40.